The highest BCUT2D eigenvalue weighted by Gasteiger charge is 2.40. The molecular formula is C17H27NO3. The van der Waals surface area contributed by atoms with Gasteiger partial charge < -0.3 is 14.6 Å². The largest absolute Gasteiger partial charge is 0.492 e. The summed E-state index contributed by atoms with van der Waals surface area (Å²) < 4.78 is 11.6. The summed E-state index contributed by atoms with van der Waals surface area (Å²) in [5.41, 5.74) is 0.330. The van der Waals surface area contributed by atoms with Crippen LogP contribution in [0.3, 0.4) is 0 Å². The Balaban J connectivity index is 2.17. The summed E-state index contributed by atoms with van der Waals surface area (Å²) in [6, 6.07) is 1.89. The van der Waals surface area contributed by atoms with Gasteiger partial charge in [-0.15, -0.1) is 0 Å². The van der Waals surface area contributed by atoms with Gasteiger partial charge in [-0.05, 0) is 32.3 Å². The van der Waals surface area contributed by atoms with E-state index in [9.17, 15) is 5.11 Å². The summed E-state index contributed by atoms with van der Waals surface area (Å²) in [7, 11) is 0. The number of rotatable bonds is 7. The van der Waals surface area contributed by atoms with Crippen molar-refractivity contribution in [3.63, 3.8) is 0 Å². The van der Waals surface area contributed by atoms with Gasteiger partial charge in [-0.25, -0.2) is 0 Å². The number of aliphatic hydroxyl groups excluding tert-OH is 1. The van der Waals surface area contributed by atoms with E-state index in [-0.39, 0.29) is 0 Å². The second kappa shape index (κ2) is 7.76. The Morgan fingerprint density at radius 3 is 2.67 bits per heavy atom. The van der Waals surface area contributed by atoms with Crippen LogP contribution in [0.15, 0.2) is 18.5 Å². The minimum atomic E-state index is -0.643. The van der Waals surface area contributed by atoms with Crippen molar-refractivity contribution < 1.29 is 14.6 Å². The van der Waals surface area contributed by atoms with Crippen LogP contribution in [0.25, 0.3) is 0 Å². The molecule has 1 N–H and O–H groups in total. The molecule has 1 atom stereocenters. The highest BCUT2D eigenvalue weighted by Crippen LogP contribution is 2.41. The van der Waals surface area contributed by atoms with Gasteiger partial charge in [0.2, 0.25) is 0 Å². The lowest BCUT2D eigenvalue weighted by Gasteiger charge is -2.40. The number of aromatic nitrogens is 1. The Morgan fingerprint density at radius 1 is 1.24 bits per heavy atom. The Labute approximate surface area is 127 Å². The summed E-state index contributed by atoms with van der Waals surface area (Å²) in [5.74, 6) is 0.718. The first-order chi connectivity index (χ1) is 10.2. The third-order valence-corrected chi connectivity index (χ3v) is 4.15. The van der Waals surface area contributed by atoms with Gasteiger partial charge in [0.15, 0.2) is 0 Å². The fraction of sp³-hybridized carbons (Fsp3) is 0.706. The Kier molecular flexibility index (Phi) is 6.00. The monoisotopic (exact) mass is 293 g/mol. The first-order valence-electron chi connectivity index (χ1n) is 8.11. The SMILES string of the molecule is CCCOc1cncc(C(O)C2(OCC)CCCCC2)c1. The minimum absolute atomic E-state index is 0.460. The molecule has 1 aromatic heterocycles. The smallest absolute Gasteiger partial charge is 0.137 e. The molecule has 1 aliphatic rings. The van der Waals surface area contributed by atoms with E-state index in [0.717, 1.165) is 43.4 Å². The minimum Gasteiger partial charge on any atom is -0.492 e. The molecule has 0 bridgehead atoms. The predicted octanol–water partition coefficient (Wildman–Crippen LogP) is 3.64. The number of pyridine rings is 1. The zero-order valence-corrected chi connectivity index (χ0v) is 13.2. The summed E-state index contributed by atoms with van der Waals surface area (Å²) >= 11 is 0. The van der Waals surface area contributed by atoms with Crippen LogP contribution in [0.1, 0.15) is 64.0 Å². The highest BCUT2D eigenvalue weighted by atomic mass is 16.5. The number of hydrogen-bond donors (Lipinski definition) is 1. The van der Waals surface area contributed by atoms with E-state index in [0.29, 0.717) is 13.2 Å². The van der Waals surface area contributed by atoms with Gasteiger partial charge in [0, 0.05) is 18.4 Å². The maximum absolute atomic E-state index is 10.9. The molecule has 118 valence electrons. The van der Waals surface area contributed by atoms with E-state index >= 15 is 0 Å². The standard InChI is InChI=1S/C17H27NO3/c1-3-10-20-15-11-14(12-18-13-15)16(19)17(21-4-2)8-6-5-7-9-17/h11-13,16,19H,3-10H2,1-2H3. The van der Waals surface area contributed by atoms with Crippen LogP contribution < -0.4 is 4.74 Å². The Hall–Kier alpha value is -1.13. The molecule has 1 heterocycles. The first-order valence-corrected chi connectivity index (χ1v) is 8.11. The van der Waals surface area contributed by atoms with E-state index in [2.05, 4.69) is 11.9 Å². The zero-order chi connectivity index (χ0) is 15.1. The molecule has 0 radical (unpaired) electrons. The van der Waals surface area contributed by atoms with E-state index in [1.54, 1.807) is 12.4 Å². The van der Waals surface area contributed by atoms with E-state index in [1.165, 1.54) is 6.42 Å². The molecule has 0 amide bonds. The fourth-order valence-corrected chi connectivity index (χ4v) is 3.12. The van der Waals surface area contributed by atoms with Crippen molar-refractivity contribution in [1.29, 1.82) is 0 Å². The first kappa shape index (κ1) is 16.2. The highest BCUT2D eigenvalue weighted by molar-refractivity contribution is 5.27. The van der Waals surface area contributed by atoms with E-state index in [1.807, 2.05) is 13.0 Å². The average Bonchev–Trinajstić information content (AvgIpc) is 2.53. The fourth-order valence-electron chi connectivity index (χ4n) is 3.12. The van der Waals surface area contributed by atoms with Gasteiger partial charge >= 0.3 is 0 Å². The molecule has 1 aliphatic carbocycles. The molecule has 4 heteroatoms. The van der Waals surface area contributed by atoms with Crippen molar-refractivity contribution in [3.05, 3.63) is 24.0 Å². The van der Waals surface area contributed by atoms with Crippen LogP contribution in [-0.2, 0) is 4.74 Å². The maximum Gasteiger partial charge on any atom is 0.137 e. The molecule has 1 unspecified atom stereocenters. The van der Waals surface area contributed by atoms with E-state index < -0.39 is 11.7 Å². The van der Waals surface area contributed by atoms with Crippen molar-refractivity contribution in [1.82, 2.24) is 4.98 Å². The molecule has 0 aromatic carbocycles. The normalized spacial score (nSPS) is 19.2. The van der Waals surface area contributed by atoms with Gasteiger partial charge in [-0.3, -0.25) is 4.98 Å². The Morgan fingerprint density at radius 2 is 2.00 bits per heavy atom. The number of ether oxygens (including phenoxy) is 2. The number of nitrogens with zero attached hydrogens (tertiary/aromatic N) is 1. The second-order valence-electron chi connectivity index (χ2n) is 5.76. The molecule has 21 heavy (non-hydrogen) atoms. The van der Waals surface area contributed by atoms with Crippen molar-refractivity contribution >= 4 is 0 Å². The molecule has 1 fully saturated rings. The molecule has 1 saturated carbocycles. The van der Waals surface area contributed by atoms with Crippen LogP contribution in [0.5, 0.6) is 5.75 Å². The van der Waals surface area contributed by atoms with E-state index in [4.69, 9.17) is 9.47 Å². The summed E-state index contributed by atoms with van der Waals surface area (Å²) in [6.07, 6.45) is 8.97. The van der Waals surface area contributed by atoms with Gasteiger partial charge in [-0.1, -0.05) is 26.2 Å². The summed E-state index contributed by atoms with van der Waals surface area (Å²) in [5, 5.41) is 10.9. The third-order valence-electron chi connectivity index (χ3n) is 4.15. The lowest BCUT2D eigenvalue weighted by atomic mass is 9.78. The van der Waals surface area contributed by atoms with Gasteiger partial charge in [0.1, 0.15) is 11.9 Å². The predicted molar refractivity (Wildman–Crippen MR) is 82.4 cm³/mol. The topological polar surface area (TPSA) is 51.6 Å². The van der Waals surface area contributed by atoms with Crippen LogP contribution >= 0.6 is 0 Å². The average molecular weight is 293 g/mol. The summed E-state index contributed by atoms with van der Waals surface area (Å²) in [6.45, 7) is 5.34. The van der Waals surface area contributed by atoms with Gasteiger partial charge in [0.05, 0.1) is 18.4 Å². The van der Waals surface area contributed by atoms with Crippen LogP contribution in [0, 0.1) is 0 Å². The quantitative estimate of drug-likeness (QED) is 0.834. The molecule has 1 aromatic rings. The van der Waals surface area contributed by atoms with Crippen molar-refractivity contribution in [3.8, 4) is 5.75 Å². The lowest BCUT2D eigenvalue weighted by Crippen LogP contribution is -2.41. The van der Waals surface area contributed by atoms with Crippen LogP contribution in [-0.4, -0.2) is 28.9 Å². The number of hydrogen-bond acceptors (Lipinski definition) is 4. The van der Waals surface area contributed by atoms with Crippen molar-refractivity contribution in [2.45, 2.75) is 64.1 Å². The third kappa shape index (κ3) is 3.95. The maximum atomic E-state index is 10.9. The second-order valence-corrected chi connectivity index (χ2v) is 5.76. The molecule has 4 nitrogen and oxygen atoms in total. The van der Waals surface area contributed by atoms with Crippen LogP contribution in [0.2, 0.25) is 0 Å². The van der Waals surface area contributed by atoms with Gasteiger partial charge in [0.25, 0.3) is 0 Å². The summed E-state index contributed by atoms with van der Waals surface area (Å²) in [4.78, 5) is 4.20. The lowest BCUT2D eigenvalue weighted by molar-refractivity contribution is -0.141. The Bertz CT molecular complexity index is 424. The molecular weight excluding hydrogens is 266 g/mol. The molecule has 0 aliphatic heterocycles. The molecule has 0 saturated heterocycles. The van der Waals surface area contributed by atoms with Gasteiger partial charge in [-0.2, -0.15) is 0 Å². The number of aliphatic hydroxyl groups is 1. The zero-order valence-electron chi connectivity index (χ0n) is 13.2. The molecule has 2 rings (SSSR count). The van der Waals surface area contributed by atoms with Crippen LogP contribution in [0.4, 0.5) is 0 Å². The van der Waals surface area contributed by atoms with Crippen molar-refractivity contribution in [2.24, 2.45) is 0 Å². The molecule has 0 spiro atoms. The van der Waals surface area contributed by atoms with Crippen molar-refractivity contribution in [2.75, 3.05) is 13.2 Å².